The second-order valence-corrected chi connectivity index (χ2v) is 3.66. The van der Waals surface area contributed by atoms with Crippen molar-refractivity contribution in [3.05, 3.63) is 36.0 Å². The van der Waals surface area contributed by atoms with E-state index in [2.05, 4.69) is 9.84 Å². The monoisotopic (exact) mass is 282 g/mol. The molecule has 0 aliphatic carbocycles. The maximum Gasteiger partial charge on any atom is 0.573 e. The predicted molar refractivity (Wildman–Crippen MR) is 71.7 cm³/mol. The van der Waals surface area contributed by atoms with E-state index in [-0.39, 0.29) is 5.75 Å². The van der Waals surface area contributed by atoms with Crippen molar-refractivity contribution in [3.8, 4) is 11.4 Å². The van der Waals surface area contributed by atoms with E-state index in [4.69, 9.17) is 7.85 Å². The van der Waals surface area contributed by atoms with Gasteiger partial charge >= 0.3 is 6.36 Å². The summed E-state index contributed by atoms with van der Waals surface area (Å²) in [5.74, 6) is -0.274. The quantitative estimate of drug-likeness (QED) is 0.792. The smallest absolute Gasteiger partial charge is 0.406 e. The fraction of sp³-hybridized carbons (Fsp3) is 0.308. The number of nitrogens with zero attached hydrogens (tertiary/aromatic N) is 2. The number of benzene rings is 1. The van der Waals surface area contributed by atoms with Crippen LogP contribution in [-0.4, -0.2) is 24.0 Å². The minimum Gasteiger partial charge on any atom is -0.406 e. The summed E-state index contributed by atoms with van der Waals surface area (Å²) >= 11 is 0. The fourth-order valence-electron chi connectivity index (χ4n) is 1.55. The summed E-state index contributed by atoms with van der Waals surface area (Å²) in [5, 5.41) is 4.02. The van der Waals surface area contributed by atoms with Crippen LogP contribution >= 0.6 is 0 Å². The highest BCUT2D eigenvalue weighted by Crippen LogP contribution is 2.23. The van der Waals surface area contributed by atoms with Gasteiger partial charge in [0.2, 0.25) is 0 Å². The van der Waals surface area contributed by atoms with Crippen LogP contribution in [0.5, 0.6) is 5.75 Å². The highest BCUT2D eigenvalue weighted by molar-refractivity contribution is 6.30. The van der Waals surface area contributed by atoms with E-state index < -0.39 is 6.36 Å². The van der Waals surface area contributed by atoms with Crippen LogP contribution in [0.3, 0.4) is 0 Å². The Morgan fingerprint density at radius 1 is 1.15 bits per heavy atom. The predicted octanol–water partition coefficient (Wildman–Crippen LogP) is 2.90. The standard InChI is InChI=1S/C11H8BF3N2O.C2H6/c1-7-6-10(12)16-17(7)8-2-4-9(5-3-8)18-11(13,14)15;1-2/h2-6H,1H3;1-2H3. The first-order valence-electron chi connectivity index (χ1n) is 6.03. The molecule has 1 heterocycles. The van der Waals surface area contributed by atoms with Crippen LogP contribution in [0.15, 0.2) is 30.3 Å². The van der Waals surface area contributed by atoms with Gasteiger partial charge < -0.3 is 4.74 Å². The topological polar surface area (TPSA) is 27.1 Å². The molecule has 0 aliphatic rings. The van der Waals surface area contributed by atoms with Crippen LogP contribution in [0.25, 0.3) is 5.69 Å². The molecule has 2 radical (unpaired) electrons. The maximum atomic E-state index is 12.0. The normalized spacial score (nSPS) is 10.7. The van der Waals surface area contributed by atoms with E-state index in [1.54, 1.807) is 13.0 Å². The van der Waals surface area contributed by atoms with Crippen molar-refractivity contribution in [3.63, 3.8) is 0 Å². The van der Waals surface area contributed by atoms with E-state index in [1.165, 1.54) is 28.9 Å². The van der Waals surface area contributed by atoms with Gasteiger partial charge in [0.25, 0.3) is 0 Å². The Morgan fingerprint density at radius 3 is 2.10 bits per heavy atom. The molecule has 0 saturated carbocycles. The molecule has 3 nitrogen and oxygen atoms in total. The third-order valence-corrected chi connectivity index (χ3v) is 2.22. The summed E-state index contributed by atoms with van der Waals surface area (Å²) in [4.78, 5) is 0. The van der Waals surface area contributed by atoms with E-state index in [0.717, 1.165) is 5.69 Å². The third kappa shape index (κ3) is 4.33. The molecule has 20 heavy (non-hydrogen) atoms. The molecule has 2 rings (SSSR count). The van der Waals surface area contributed by atoms with Crippen LogP contribution in [0.4, 0.5) is 13.2 Å². The number of halogens is 3. The molecule has 0 bridgehead atoms. The fourth-order valence-corrected chi connectivity index (χ4v) is 1.55. The lowest BCUT2D eigenvalue weighted by Gasteiger charge is -2.09. The number of aromatic nitrogens is 2. The first-order valence-corrected chi connectivity index (χ1v) is 6.03. The van der Waals surface area contributed by atoms with Gasteiger partial charge in [0, 0.05) is 11.3 Å². The molecule has 1 aromatic carbocycles. The lowest BCUT2D eigenvalue weighted by atomic mass is 10.1. The molecule has 2 aromatic rings. The molecular weight excluding hydrogens is 268 g/mol. The number of alkyl halides is 3. The highest BCUT2D eigenvalue weighted by atomic mass is 19.4. The molecule has 0 N–H and O–H groups in total. The van der Waals surface area contributed by atoms with Crippen molar-refractivity contribution in [2.45, 2.75) is 27.1 Å². The van der Waals surface area contributed by atoms with Crippen LogP contribution < -0.4 is 10.3 Å². The van der Waals surface area contributed by atoms with E-state index in [1.807, 2.05) is 13.8 Å². The molecule has 106 valence electrons. The molecule has 0 unspecified atom stereocenters. The largest absolute Gasteiger partial charge is 0.573 e. The van der Waals surface area contributed by atoms with Gasteiger partial charge in [-0.2, -0.15) is 5.10 Å². The lowest BCUT2D eigenvalue weighted by molar-refractivity contribution is -0.274. The molecule has 0 spiro atoms. The van der Waals surface area contributed by atoms with Gasteiger partial charge in [0.05, 0.1) is 5.69 Å². The molecule has 0 fully saturated rings. The molecule has 7 heteroatoms. The second kappa shape index (κ2) is 6.50. The molecule has 0 atom stereocenters. The summed E-state index contributed by atoms with van der Waals surface area (Å²) in [5.41, 5.74) is 1.75. The Balaban J connectivity index is 0.000000956. The number of ether oxygens (including phenoxy) is 1. The minimum absolute atomic E-state index is 0.274. The SMILES string of the molecule is CC.[B]c1cc(C)n(-c2ccc(OC(F)(F)F)cc2)n1. The first kappa shape index (κ1) is 16.1. The zero-order valence-corrected chi connectivity index (χ0v) is 11.4. The van der Waals surface area contributed by atoms with Gasteiger partial charge in [-0.05, 0) is 37.3 Å². The average molecular weight is 282 g/mol. The van der Waals surface area contributed by atoms with Crippen LogP contribution in [0.1, 0.15) is 19.5 Å². The van der Waals surface area contributed by atoms with Gasteiger partial charge in [0.15, 0.2) is 0 Å². The second-order valence-electron chi connectivity index (χ2n) is 3.66. The van der Waals surface area contributed by atoms with E-state index in [0.29, 0.717) is 11.3 Å². The summed E-state index contributed by atoms with van der Waals surface area (Å²) in [7, 11) is 5.52. The maximum absolute atomic E-state index is 12.0. The third-order valence-electron chi connectivity index (χ3n) is 2.22. The number of hydrogen-bond donors (Lipinski definition) is 0. The van der Waals surface area contributed by atoms with Gasteiger partial charge in [-0.15, -0.1) is 13.2 Å². The van der Waals surface area contributed by atoms with Crippen molar-refractivity contribution in [2.75, 3.05) is 0 Å². The van der Waals surface area contributed by atoms with Crippen LogP contribution in [0, 0.1) is 6.92 Å². The first-order chi connectivity index (χ1) is 9.35. The summed E-state index contributed by atoms with van der Waals surface area (Å²) in [6, 6.07) is 7.06. The van der Waals surface area contributed by atoms with Gasteiger partial charge in [-0.1, -0.05) is 13.8 Å². The Labute approximate surface area is 116 Å². The number of rotatable bonds is 2. The van der Waals surface area contributed by atoms with Crippen LogP contribution in [0.2, 0.25) is 0 Å². The molecule has 1 aromatic heterocycles. The molecule has 0 saturated heterocycles. The zero-order valence-electron chi connectivity index (χ0n) is 11.4. The van der Waals surface area contributed by atoms with Gasteiger partial charge in [0.1, 0.15) is 13.6 Å². The Kier molecular flexibility index (Phi) is 5.24. The number of aryl methyl sites for hydroxylation is 1. The van der Waals surface area contributed by atoms with Crippen molar-refractivity contribution >= 4 is 13.4 Å². The number of hydrogen-bond acceptors (Lipinski definition) is 2. The zero-order chi connectivity index (χ0) is 15.3. The van der Waals surface area contributed by atoms with Crippen molar-refractivity contribution in [1.82, 2.24) is 9.78 Å². The van der Waals surface area contributed by atoms with Crippen molar-refractivity contribution in [1.29, 1.82) is 0 Å². The average Bonchev–Trinajstić information content (AvgIpc) is 2.70. The van der Waals surface area contributed by atoms with Crippen LogP contribution in [-0.2, 0) is 0 Å². The van der Waals surface area contributed by atoms with Gasteiger partial charge in [-0.3, -0.25) is 0 Å². The van der Waals surface area contributed by atoms with E-state index >= 15 is 0 Å². The Bertz CT molecular complexity index is 550. The summed E-state index contributed by atoms with van der Waals surface area (Å²) in [6.07, 6.45) is -4.69. The Morgan fingerprint density at radius 2 is 1.70 bits per heavy atom. The summed E-state index contributed by atoms with van der Waals surface area (Å²) in [6.45, 7) is 5.80. The van der Waals surface area contributed by atoms with Crippen molar-refractivity contribution in [2.24, 2.45) is 0 Å². The molecular formula is C13H14BF3N2O. The van der Waals surface area contributed by atoms with Crippen molar-refractivity contribution < 1.29 is 17.9 Å². The minimum atomic E-state index is -4.69. The molecule has 0 amide bonds. The van der Waals surface area contributed by atoms with Gasteiger partial charge in [-0.25, -0.2) is 4.68 Å². The summed E-state index contributed by atoms with van der Waals surface area (Å²) < 4.78 is 41.2. The highest BCUT2D eigenvalue weighted by Gasteiger charge is 2.30. The van der Waals surface area contributed by atoms with E-state index in [9.17, 15) is 13.2 Å². The Hall–Kier alpha value is -1.92. The lowest BCUT2D eigenvalue weighted by Crippen LogP contribution is -2.17. The molecule has 0 aliphatic heterocycles.